The largest absolute Gasteiger partial charge is 0.494 e. The smallest absolute Gasteiger partial charge is 0.305 e. The van der Waals surface area contributed by atoms with Gasteiger partial charge in [0.25, 0.3) is 5.69 Å². The Hall–Kier alpha value is -3.80. The molecule has 0 radical (unpaired) electrons. The zero-order chi connectivity index (χ0) is 24.7. The average Bonchev–Trinajstić information content (AvgIpc) is 2.75. The summed E-state index contributed by atoms with van der Waals surface area (Å²) in [4.78, 5) is 34.6. The predicted octanol–water partition coefficient (Wildman–Crippen LogP) is 5.78. The van der Waals surface area contributed by atoms with Crippen LogP contribution in [-0.4, -0.2) is 36.0 Å². The summed E-state index contributed by atoms with van der Waals surface area (Å²) in [6, 6.07) is 4.92. The van der Waals surface area contributed by atoms with Crippen LogP contribution < -0.4 is 15.0 Å². The Morgan fingerprint density at radius 3 is 2.36 bits per heavy atom. The van der Waals surface area contributed by atoms with Crippen LogP contribution in [0.4, 0.5) is 34.1 Å². The number of azo groups is 1. The highest BCUT2D eigenvalue weighted by atomic mass is 35.5. The predicted molar refractivity (Wildman–Crippen MR) is 124 cm³/mol. The summed E-state index contributed by atoms with van der Waals surface area (Å²) in [6.07, 6.45) is 0.885. The Labute approximate surface area is 194 Å². The number of nitrogens with one attached hydrogen (secondary N) is 1. The molecule has 0 saturated carbocycles. The molecule has 0 spiro atoms. The molecule has 0 aliphatic heterocycles. The van der Waals surface area contributed by atoms with Gasteiger partial charge in [-0.1, -0.05) is 18.5 Å². The number of non-ortho nitro benzene ring substituents is 1. The van der Waals surface area contributed by atoms with Crippen LogP contribution in [0.15, 0.2) is 34.5 Å². The maximum absolute atomic E-state index is 11.8. The summed E-state index contributed by atoms with van der Waals surface area (Å²) in [7, 11) is 1.48. The summed E-state index contributed by atoms with van der Waals surface area (Å²) >= 11 is 6.03. The number of rotatable bonds is 10. The molecular weight excluding hydrogens is 456 g/mol. The zero-order valence-electron chi connectivity index (χ0n) is 18.5. The second-order valence-electron chi connectivity index (χ2n) is 6.81. The number of nitrogens with zero attached hydrogens (tertiary/aromatic N) is 5. The number of nitro groups is 2. The summed E-state index contributed by atoms with van der Waals surface area (Å²) in [5.74, 6) is 0.0955. The highest BCUT2D eigenvalue weighted by Gasteiger charge is 2.24. The van der Waals surface area contributed by atoms with E-state index < -0.39 is 21.2 Å². The number of anilines is 2. The number of hydrogen-bond acceptors (Lipinski definition) is 9. The lowest BCUT2D eigenvalue weighted by Crippen LogP contribution is -2.24. The second kappa shape index (κ2) is 11.2. The minimum Gasteiger partial charge on any atom is -0.494 e. The molecule has 1 amide bonds. The molecule has 0 aliphatic rings. The van der Waals surface area contributed by atoms with Crippen LogP contribution in [0.3, 0.4) is 0 Å². The van der Waals surface area contributed by atoms with Crippen molar-refractivity contribution in [2.24, 2.45) is 10.2 Å². The molecule has 0 fully saturated rings. The number of hydrogen-bond donors (Lipinski definition) is 1. The summed E-state index contributed by atoms with van der Waals surface area (Å²) < 4.78 is 5.49. The van der Waals surface area contributed by atoms with Crippen LogP contribution in [0.2, 0.25) is 5.02 Å². The number of nitro benzene ring substituents is 2. The van der Waals surface area contributed by atoms with E-state index in [9.17, 15) is 25.0 Å². The Morgan fingerprint density at radius 2 is 1.85 bits per heavy atom. The topological polar surface area (TPSA) is 153 Å². The Kier molecular flexibility index (Phi) is 8.63. The standard InChI is InChI=1S/C20H23ClN6O6/c1-5-7-25(6-2)17-10-15(22-12(3)28)16(11-19(17)33-4)23-24-20-14(21)8-13(26(29)30)9-18(20)27(31)32/h8-11H,5-7H2,1-4H3,(H,22,28). The van der Waals surface area contributed by atoms with Crippen molar-refractivity contribution < 1.29 is 19.4 Å². The van der Waals surface area contributed by atoms with Crippen molar-refractivity contribution in [3.8, 4) is 5.75 Å². The van der Waals surface area contributed by atoms with E-state index in [1.165, 1.54) is 20.1 Å². The minimum absolute atomic E-state index is 0.155. The van der Waals surface area contributed by atoms with Gasteiger partial charge in [0.1, 0.15) is 11.4 Å². The van der Waals surface area contributed by atoms with Gasteiger partial charge in [0.05, 0.1) is 39.4 Å². The van der Waals surface area contributed by atoms with Gasteiger partial charge < -0.3 is 15.0 Å². The van der Waals surface area contributed by atoms with Gasteiger partial charge >= 0.3 is 5.69 Å². The Bertz CT molecular complexity index is 1110. The van der Waals surface area contributed by atoms with Crippen molar-refractivity contribution in [1.29, 1.82) is 0 Å². The van der Waals surface area contributed by atoms with Crippen molar-refractivity contribution in [1.82, 2.24) is 0 Å². The number of ether oxygens (including phenoxy) is 1. The lowest BCUT2D eigenvalue weighted by atomic mass is 10.2. The summed E-state index contributed by atoms with van der Waals surface area (Å²) in [6.45, 7) is 6.78. The quantitative estimate of drug-likeness (QED) is 0.258. The summed E-state index contributed by atoms with van der Waals surface area (Å²) in [5.41, 5.74) is -0.401. The van der Waals surface area contributed by atoms with Crippen LogP contribution in [-0.2, 0) is 4.79 Å². The molecule has 12 nitrogen and oxygen atoms in total. The van der Waals surface area contributed by atoms with Crippen molar-refractivity contribution in [2.45, 2.75) is 27.2 Å². The number of halogens is 1. The van der Waals surface area contributed by atoms with Gasteiger partial charge in [-0.25, -0.2) is 0 Å². The fourth-order valence-electron chi connectivity index (χ4n) is 3.08. The molecule has 0 atom stereocenters. The number of benzene rings is 2. The molecule has 0 bridgehead atoms. The molecule has 176 valence electrons. The van der Waals surface area contributed by atoms with Crippen molar-refractivity contribution >= 4 is 51.6 Å². The molecule has 2 aromatic carbocycles. The number of methoxy groups -OCH3 is 1. The minimum atomic E-state index is -0.838. The average molecular weight is 479 g/mol. The second-order valence-corrected chi connectivity index (χ2v) is 7.22. The van der Waals surface area contributed by atoms with Crippen LogP contribution in [0.1, 0.15) is 27.2 Å². The molecule has 0 aromatic heterocycles. The van der Waals surface area contributed by atoms with Crippen LogP contribution in [0, 0.1) is 20.2 Å². The maximum atomic E-state index is 11.8. The van der Waals surface area contributed by atoms with Crippen LogP contribution in [0.25, 0.3) is 0 Å². The van der Waals surface area contributed by atoms with Gasteiger partial charge in [0.15, 0.2) is 5.69 Å². The number of carbonyl (C=O) groups is 1. The van der Waals surface area contributed by atoms with E-state index in [1.54, 1.807) is 6.07 Å². The number of amides is 1. The number of carbonyl (C=O) groups excluding carboxylic acids is 1. The first-order chi connectivity index (χ1) is 15.6. The van der Waals surface area contributed by atoms with Crippen molar-refractivity contribution in [2.75, 3.05) is 30.4 Å². The van der Waals surface area contributed by atoms with E-state index in [0.29, 0.717) is 18.0 Å². The Balaban J connectivity index is 2.66. The fraction of sp³-hybridized carbons (Fsp3) is 0.350. The van der Waals surface area contributed by atoms with Gasteiger partial charge in [-0.2, -0.15) is 0 Å². The third-order valence-electron chi connectivity index (χ3n) is 4.52. The summed E-state index contributed by atoms with van der Waals surface area (Å²) in [5, 5.41) is 32.7. The Morgan fingerprint density at radius 1 is 1.15 bits per heavy atom. The normalized spacial score (nSPS) is 10.8. The SMILES string of the molecule is CCCN(CC)c1cc(NC(C)=O)c(N=Nc2c(Cl)cc([N+](=O)[O-])cc2[N+](=O)[O-])cc1OC. The van der Waals surface area contributed by atoms with E-state index >= 15 is 0 Å². The van der Waals surface area contributed by atoms with E-state index in [1.807, 2.05) is 13.8 Å². The first kappa shape index (κ1) is 25.5. The maximum Gasteiger partial charge on any atom is 0.305 e. The van der Waals surface area contributed by atoms with E-state index in [0.717, 1.165) is 30.8 Å². The lowest BCUT2D eigenvalue weighted by molar-refractivity contribution is -0.393. The fourth-order valence-corrected chi connectivity index (χ4v) is 3.32. The molecule has 2 aromatic rings. The van der Waals surface area contributed by atoms with Gasteiger partial charge in [0, 0.05) is 32.1 Å². The van der Waals surface area contributed by atoms with Gasteiger partial charge in [0.2, 0.25) is 5.91 Å². The van der Waals surface area contributed by atoms with Crippen LogP contribution in [0.5, 0.6) is 5.75 Å². The molecule has 0 aliphatic carbocycles. The molecule has 33 heavy (non-hydrogen) atoms. The first-order valence-corrected chi connectivity index (χ1v) is 10.3. The first-order valence-electron chi connectivity index (χ1n) is 9.91. The van der Waals surface area contributed by atoms with E-state index in [4.69, 9.17) is 16.3 Å². The zero-order valence-corrected chi connectivity index (χ0v) is 19.3. The van der Waals surface area contributed by atoms with Gasteiger partial charge in [-0.15, -0.1) is 10.2 Å². The molecule has 0 heterocycles. The van der Waals surface area contributed by atoms with E-state index in [2.05, 4.69) is 20.4 Å². The highest BCUT2D eigenvalue weighted by molar-refractivity contribution is 6.33. The third kappa shape index (κ3) is 6.13. The van der Waals surface area contributed by atoms with Crippen molar-refractivity contribution in [3.05, 3.63) is 49.5 Å². The third-order valence-corrected chi connectivity index (χ3v) is 4.81. The highest BCUT2D eigenvalue weighted by Crippen LogP contribution is 2.42. The molecular formula is C20H23ClN6O6. The van der Waals surface area contributed by atoms with E-state index in [-0.39, 0.29) is 22.3 Å². The molecule has 13 heteroatoms. The van der Waals surface area contributed by atoms with Gasteiger partial charge in [-0.3, -0.25) is 25.0 Å². The molecule has 0 unspecified atom stereocenters. The molecule has 1 N–H and O–H groups in total. The van der Waals surface area contributed by atoms with Gasteiger partial charge in [-0.05, 0) is 19.4 Å². The van der Waals surface area contributed by atoms with Crippen molar-refractivity contribution in [3.63, 3.8) is 0 Å². The molecule has 0 saturated heterocycles. The van der Waals surface area contributed by atoms with Crippen LogP contribution >= 0.6 is 11.6 Å². The molecule has 2 rings (SSSR count). The monoisotopic (exact) mass is 478 g/mol. The lowest BCUT2D eigenvalue weighted by Gasteiger charge is -2.25.